The highest BCUT2D eigenvalue weighted by Crippen LogP contribution is 2.39. The molecule has 1 heterocycles. The van der Waals surface area contributed by atoms with Gasteiger partial charge in [0.2, 0.25) is 0 Å². The molecule has 0 aliphatic heterocycles. The topological polar surface area (TPSA) is 38.0 Å². The molecule has 3 N–H and O–H groups in total. The van der Waals surface area contributed by atoms with Crippen LogP contribution in [0.5, 0.6) is 0 Å². The highest BCUT2D eigenvalue weighted by molar-refractivity contribution is 9.10. The molecule has 0 aliphatic rings. The van der Waals surface area contributed by atoms with Crippen molar-refractivity contribution >= 4 is 27.3 Å². The zero-order valence-electron chi connectivity index (χ0n) is 9.54. The third-order valence-corrected chi connectivity index (χ3v) is 4.59. The van der Waals surface area contributed by atoms with Gasteiger partial charge in [0.05, 0.1) is 11.6 Å². The average molecular weight is 351 g/mol. The molecular weight excluding hydrogens is 341 g/mol. The molecule has 1 aromatic heterocycles. The summed E-state index contributed by atoms with van der Waals surface area (Å²) in [5.74, 6) is 5.45. The highest BCUT2D eigenvalue weighted by atomic mass is 79.9. The Morgan fingerprint density at radius 1 is 1.21 bits per heavy atom. The summed E-state index contributed by atoms with van der Waals surface area (Å²) >= 11 is 4.65. The van der Waals surface area contributed by atoms with E-state index in [1.165, 1.54) is 23.5 Å². The van der Waals surface area contributed by atoms with Crippen molar-refractivity contribution < 1.29 is 13.2 Å². The minimum absolute atomic E-state index is 0.112. The molecule has 7 heteroatoms. The summed E-state index contributed by atoms with van der Waals surface area (Å²) in [4.78, 5) is 0.708. The lowest BCUT2D eigenvalue weighted by Crippen LogP contribution is -2.30. The van der Waals surface area contributed by atoms with E-state index in [1.807, 2.05) is 0 Å². The van der Waals surface area contributed by atoms with Gasteiger partial charge in [-0.15, -0.1) is 11.3 Å². The summed E-state index contributed by atoms with van der Waals surface area (Å²) in [6.45, 7) is 0. The molecular formula is C12H10BrF3N2S. The molecule has 2 aromatic rings. The quantitative estimate of drug-likeness (QED) is 0.646. The Balaban J connectivity index is 2.54. The van der Waals surface area contributed by atoms with Crippen molar-refractivity contribution in [3.8, 4) is 0 Å². The molecule has 1 unspecified atom stereocenters. The summed E-state index contributed by atoms with van der Waals surface area (Å²) in [7, 11) is 0. The number of thiophene rings is 1. The highest BCUT2D eigenvalue weighted by Gasteiger charge is 2.35. The first kappa shape index (κ1) is 14.5. The molecule has 0 radical (unpaired) electrons. The summed E-state index contributed by atoms with van der Waals surface area (Å²) in [6, 6.07) is 6.49. The molecule has 19 heavy (non-hydrogen) atoms. The molecule has 0 bridgehead atoms. The van der Waals surface area contributed by atoms with E-state index in [0.717, 1.165) is 10.5 Å². The zero-order chi connectivity index (χ0) is 14.0. The monoisotopic (exact) mass is 350 g/mol. The van der Waals surface area contributed by atoms with Crippen molar-refractivity contribution in [1.29, 1.82) is 0 Å². The van der Waals surface area contributed by atoms with E-state index in [0.29, 0.717) is 4.88 Å². The van der Waals surface area contributed by atoms with Crippen molar-refractivity contribution in [2.45, 2.75) is 12.2 Å². The Bertz CT molecular complexity index is 568. The van der Waals surface area contributed by atoms with Gasteiger partial charge < -0.3 is 0 Å². The van der Waals surface area contributed by atoms with E-state index in [-0.39, 0.29) is 5.56 Å². The third kappa shape index (κ3) is 3.00. The van der Waals surface area contributed by atoms with Gasteiger partial charge in [-0.2, -0.15) is 13.2 Å². The first-order valence-electron chi connectivity index (χ1n) is 5.30. The summed E-state index contributed by atoms with van der Waals surface area (Å²) in [5, 5.41) is 1.79. The van der Waals surface area contributed by atoms with Crippen molar-refractivity contribution in [1.82, 2.24) is 5.43 Å². The Kier molecular flexibility index (Phi) is 4.29. The van der Waals surface area contributed by atoms with Crippen LogP contribution in [0.2, 0.25) is 0 Å². The van der Waals surface area contributed by atoms with Gasteiger partial charge in [0.15, 0.2) is 0 Å². The SMILES string of the molecule is NNC(c1ccccc1C(F)(F)F)c1sccc1Br. The van der Waals surface area contributed by atoms with E-state index in [4.69, 9.17) is 5.84 Å². The van der Waals surface area contributed by atoms with Gasteiger partial charge in [0.1, 0.15) is 0 Å². The molecule has 102 valence electrons. The van der Waals surface area contributed by atoms with Crippen molar-refractivity contribution in [2.24, 2.45) is 5.84 Å². The minimum atomic E-state index is -4.41. The lowest BCUT2D eigenvalue weighted by molar-refractivity contribution is -0.138. The zero-order valence-corrected chi connectivity index (χ0v) is 11.9. The van der Waals surface area contributed by atoms with Crippen LogP contribution in [0.3, 0.4) is 0 Å². The fourth-order valence-corrected chi connectivity index (χ4v) is 3.50. The lowest BCUT2D eigenvalue weighted by Gasteiger charge is -2.20. The van der Waals surface area contributed by atoms with Crippen molar-refractivity contribution in [2.75, 3.05) is 0 Å². The second-order valence-corrected chi connectivity index (χ2v) is 5.62. The van der Waals surface area contributed by atoms with E-state index in [9.17, 15) is 13.2 Å². The second-order valence-electron chi connectivity index (χ2n) is 3.82. The molecule has 2 rings (SSSR count). The maximum Gasteiger partial charge on any atom is 0.416 e. The summed E-state index contributed by atoms with van der Waals surface area (Å²) in [5.41, 5.74) is 1.88. The van der Waals surface area contributed by atoms with Gasteiger partial charge in [-0.3, -0.25) is 5.84 Å². The first-order valence-corrected chi connectivity index (χ1v) is 6.97. The molecule has 0 saturated heterocycles. The molecule has 0 amide bonds. The number of hydrogen-bond acceptors (Lipinski definition) is 3. The molecule has 0 saturated carbocycles. The van der Waals surface area contributed by atoms with E-state index >= 15 is 0 Å². The van der Waals surface area contributed by atoms with Gasteiger partial charge in [-0.25, -0.2) is 5.43 Å². The van der Waals surface area contributed by atoms with Crippen LogP contribution in [0.25, 0.3) is 0 Å². The maximum atomic E-state index is 13.0. The Morgan fingerprint density at radius 2 is 1.89 bits per heavy atom. The first-order chi connectivity index (χ1) is 8.95. The van der Waals surface area contributed by atoms with Crippen LogP contribution < -0.4 is 11.3 Å². The predicted octanol–water partition coefficient (Wildman–Crippen LogP) is 4.08. The Hall–Kier alpha value is -0.890. The van der Waals surface area contributed by atoms with Gasteiger partial charge >= 0.3 is 6.18 Å². The molecule has 1 aromatic carbocycles. The molecule has 0 fully saturated rings. The number of rotatable bonds is 3. The van der Waals surface area contributed by atoms with Gasteiger partial charge in [0.25, 0.3) is 0 Å². The second kappa shape index (κ2) is 5.62. The largest absolute Gasteiger partial charge is 0.416 e. The lowest BCUT2D eigenvalue weighted by atomic mass is 9.99. The van der Waals surface area contributed by atoms with Crippen molar-refractivity contribution in [3.63, 3.8) is 0 Å². The van der Waals surface area contributed by atoms with Crippen LogP contribution in [0.4, 0.5) is 13.2 Å². The van der Waals surface area contributed by atoms with Crippen molar-refractivity contribution in [3.05, 3.63) is 56.2 Å². The van der Waals surface area contributed by atoms with Crippen LogP contribution in [-0.4, -0.2) is 0 Å². The molecule has 0 spiro atoms. The molecule has 2 nitrogen and oxygen atoms in total. The standard InChI is InChI=1S/C12H10BrF3N2S/c13-9-5-6-19-11(9)10(18-17)7-3-1-2-4-8(7)12(14,15)16/h1-6,10,18H,17H2. The minimum Gasteiger partial charge on any atom is -0.271 e. The third-order valence-electron chi connectivity index (χ3n) is 2.65. The Labute approximate surface area is 120 Å². The van der Waals surface area contributed by atoms with Gasteiger partial charge in [-0.1, -0.05) is 18.2 Å². The number of hydrogen-bond donors (Lipinski definition) is 2. The van der Waals surface area contributed by atoms with Crippen LogP contribution >= 0.6 is 27.3 Å². The van der Waals surface area contributed by atoms with Crippen LogP contribution in [-0.2, 0) is 6.18 Å². The average Bonchev–Trinajstić information content (AvgIpc) is 2.76. The normalized spacial score (nSPS) is 13.5. The van der Waals surface area contributed by atoms with Crippen LogP contribution in [0, 0.1) is 0 Å². The molecule has 1 atom stereocenters. The van der Waals surface area contributed by atoms with E-state index in [2.05, 4.69) is 21.4 Å². The van der Waals surface area contributed by atoms with E-state index in [1.54, 1.807) is 17.5 Å². The number of nitrogens with two attached hydrogens (primary N) is 1. The predicted molar refractivity (Wildman–Crippen MR) is 72.6 cm³/mol. The smallest absolute Gasteiger partial charge is 0.271 e. The fourth-order valence-electron chi connectivity index (χ4n) is 1.83. The number of halogens is 4. The van der Waals surface area contributed by atoms with Gasteiger partial charge in [0, 0.05) is 9.35 Å². The maximum absolute atomic E-state index is 13.0. The summed E-state index contributed by atoms with van der Waals surface area (Å²) in [6.07, 6.45) is -4.41. The van der Waals surface area contributed by atoms with Crippen LogP contribution in [0.1, 0.15) is 22.0 Å². The Morgan fingerprint density at radius 3 is 2.42 bits per heavy atom. The number of benzene rings is 1. The van der Waals surface area contributed by atoms with Gasteiger partial charge in [-0.05, 0) is 39.0 Å². The fraction of sp³-hybridized carbons (Fsp3) is 0.167. The number of nitrogens with one attached hydrogen (secondary N) is 1. The number of alkyl halides is 3. The number of hydrazine groups is 1. The van der Waals surface area contributed by atoms with Crippen LogP contribution in [0.15, 0.2) is 40.2 Å². The molecule has 0 aliphatic carbocycles. The van der Waals surface area contributed by atoms with E-state index < -0.39 is 17.8 Å². The summed E-state index contributed by atoms with van der Waals surface area (Å²) < 4.78 is 39.8.